The van der Waals surface area contributed by atoms with Crippen LogP contribution >= 0.6 is 0 Å². The van der Waals surface area contributed by atoms with Gasteiger partial charge < -0.3 is 9.84 Å². The first-order valence-corrected chi connectivity index (χ1v) is 10.4. The van der Waals surface area contributed by atoms with E-state index in [1.54, 1.807) is 43.7 Å². The minimum absolute atomic E-state index is 0.116. The average Bonchev–Trinajstić information content (AvgIpc) is 3.24. The molecule has 6 nitrogen and oxygen atoms in total. The molecule has 1 fully saturated rings. The quantitative estimate of drug-likeness (QED) is 0.636. The van der Waals surface area contributed by atoms with Gasteiger partial charge in [-0.2, -0.15) is 0 Å². The van der Waals surface area contributed by atoms with E-state index in [1.807, 2.05) is 18.2 Å². The van der Waals surface area contributed by atoms with Crippen LogP contribution in [0.2, 0.25) is 0 Å². The van der Waals surface area contributed by atoms with Crippen LogP contribution in [0.15, 0.2) is 58.3 Å². The predicted octanol–water partition coefficient (Wildman–Crippen LogP) is 3.61. The molecule has 1 N–H and O–H groups in total. The molecule has 0 saturated carbocycles. The van der Waals surface area contributed by atoms with Crippen LogP contribution in [0, 0.1) is 0 Å². The number of methoxy groups -OCH3 is 1. The van der Waals surface area contributed by atoms with Gasteiger partial charge >= 0.3 is 0 Å². The summed E-state index contributed by atoms with van der Waals surface area (Å²) in [6.45, 7) is 4.99. The minimum atomic E-state index is -0.276. The van der Waals surface area contributed by atoms with E-state index < -0.39 is 0 Å². The molecular formula is C24H27N3O3. The highest BCUT2D eigenvalue weighted by Crippen LogP contribution is 2.27. The van der Waals surface area contributed by atoms with Gasteiger partial charge in [0.25, 0.3) is 5.56 Å². The van der Waals surface area contributed by atoms with Gasteiger partial charge in [0.05, 0.1) is 24.9 Å². The molecule has 1 saturated heterocycles. The van der Waals surface area contributed by atoms with Gasteiger partial charge in [0.2, 0.25) is 5.88 Å². The highest BCUT2D eigenvalue weighted by molar-refractivity contribution is 6.01. The third-order valence-corrected chi connectivity index (χ3v) is 5.86. The van der Waals surface area contributed by atoms with Crippen molar-refractivity contribution in [2.75, 3.05) is 26.7 Å². The van der Waals surface area contributed by atoms with E-state index in [4.69, 9.17) is 4.74 Å². The molecule has 4 rings (SSSR count). The van der Waals surface area contributed by atoms with Gasteiger partial charge in [-0.1, -0.05) is 31.2 Å². The number of benzene rings is 2. The Morgan fingerprint density at radius 3 is 2.77 bits per heavy atom. The smallest absolute Gasteiger partial charge is 0.265 e. The summed E-state index contributed by atoms with van der Waals surface area (Å²) in [4.78, 5) is 20.3. The summed E-state index contributed by atoms with van der Waals surface area (Å²) in [6.07, 6.45) is 4.05. The van der Waals surface area contributed by atoms with Gasteiger partial charge in [0.15, 0.2) is 0 Å². The number of likely N-dealkylation sites (tertiary alicyclic amines) is 1. The summed E-state index contributed by atoms with van der Waals surface area (Å²) in [5, 5.41) is 12.3. The van der Waals surface area contributed by atoms with Crippen LogP contribution in [-0.2, 0) is 0 Å². The Bertz CT molecular complexity index is 1140. The van der Waals surface area contributed by atoms with Gasteiger partial charge in [-0.3, -0.25) is 14.7 Å². The zero-order valence-electron chi connectivity index (χ0n) is 17.4. The fourth-order valence-electron chi connectivity index (χ4n) is 4.26. The molecule has 1 aliphatic heterocycles. The van der Waals surface area contributed by atoms with E-state index in [-0.39, 0.29) is 11.4 Å². The Hall–Kier alpha value is -3.12. The van der Waals surface area contributed by atoms with E-state index in [1.165, 1.54) is 11.0 Å². The third-order valence-electron chi connectivity index (χ3n) is 5.86. The Morgan fingerprint density at radius 1 is 1.20 bits per heavy atom. The number of likely N-dealkylation sites (N-methyl/N-ethyl adjacent to an activating group) is 1. The van der Waals surface area contributed by atoms with Gasteiger partial charge in [-0.05, 0) is 44.1 Å². The van der Waals surface area contributed by atoms with Crippen LogP contribution in [0.3, 0.4) is 0 Å². The number of aromatic nitrogens is 1. The molecule has 3 aromatic rings. The molecule has 1 unspecified atom stereocenters. The molecule has 6 heteroatoms. The lowest BCUT2D eigenvalue weighted by Gasteiger charge is -2.20. The van der Waals surface area contributed by atoms with Crippen molar-refractivity contribution in [1.82, 2.24) is 9.47 Å². The topological polar surface area (TPSA) is 67.1 Å². The summed E-state index contributed by atoms with van der Waals surface area (Å²) in [7, 11) is 1.57. The fraction of sp³-hybridized carbons (Fsp3) is 0.333. The van der Waals surface area contributed by atoms with Gasteiger partial charge in [0.1, 0.15) is 5.75 Å². The molecule has 30 heavy (non-hydrogen) atoms. The second kappa shape index (κ2) is 8.71. The highest BCUT2D eigenvalue weighted by Gasteiger charge is 2.22. The second-order valence-corrected chi connectivity index (χ2v) is 7.54. The molecule has 2 heterocycles. The van der Waals surface area contributed by atoms with Crippen LogP contribution in [0.4, 0.5) is 0 Å². The molecule has 0 amide bonds. The zero-order valence-corrected chi connectivity index (χ0v) is 17.4. The number of ether oxygens (including phenoxy) is 1. The van der Waals surface area contributed by atoms with Gasteiger partial charge in [-0.25, -0.2) is 4.57 Å². The van der Waals surface area contributed by atoms with Crippen molar-refractivity contribution >= 4 is 17.0 Å². The number of hydrogen-bond donors (Lipinski definition) is 1. The highest BCUT2D eigenvalue weighted by atomic mass is 16.5. The molecule has 2 aromatic carbocycles. The molecular weight excluding hydrogens is 378 g/mol. The predicted molar refractivity (Wildman–Crippen MR) is 120 cm³/mol. The van der Waals surface area contributed by atoms with Crippen molar-refractivity contribution in [3.05, 3.63) is 64.4 Å². The Labute approximate surface area is 176 Å². The van der Waals surface area contributed by atoms with Crippen molar-refractivity contribution in [3.8, 4) is 17.3 Å². The Balaban J connectivity index is 1.80. The van der Waals surface area contributed by atoms with Gasteiger partial charge in [0, 0.05) is 29.1 Å². The van der Waals surface area contributed by atoms with E-state index in [0.29, 0.717) is 40.4 Å². The molecule has 0 radical (unpaired) electrons. The Kier molecular flexibility index (Phi) is 5.86. The van der Waals surface area contributed by atoms with Gasteiger partial charge in [-0.15, -0.1) is 0 Å². The average molecular weight is 405 g/mol. The molecule has 0 spiro atoms. The molecule has 1 atom stereocenters. The van der Waals surface area contributed by atoms with Crippen LogP contribution < -0.4 is 10.3 Å². The number of rotatable bonds is 6. The van der Waals surface area contributed by atoms with Crippen LogP contribution in [0.25, 0.3) is 16.5 Å². The lowest BCUT2D eigenvalue weighted by Crippen LogP contribution is -2.31. The van der Waals surface area contributed by atoms with Crippen LogP contribution in [0.5, 0.6) is 11.6 Å². The molecule has 156 valence electrons. The Morgan fingerprint density at radius 2 is 2.00 bits per heavy atom. The van der Waals surface area contributed by atoms with Crippen molar-refractivity contribution in [2.24, 2.45) is 4.99 Å². The monoisotopic (exact) mass is 405 g/mol. The fourth-order valence-corrected chi connectivity index (χ4v) is 4.26. The first kappa shape index (κ1) is 20.2. The van der Waals surface area contributed by atoms with E-state index in [2.05, 4.69) is 16.8 Å². The zero-order chi connectivity index (χ0) is 21.1. The van der Waals surface area contributed by atoms with Crippen molar-refractivity contribution in [2.45, 2.75) is 25.8 Å². The number of hydrogen-bond acceptors (Lipinski definition) is 5. The minimum Gasteiger partial charge on any atom is -0.497 e. The maximum atomic E-state index is 13.2. The van der Waals surface area contributed by atoms with Crippen molar-refractivity contribution in [3.63, 3.8) is 0 Å². The van der Waals surface area contributed by atoms with Crippen LogP contribution in [-0.4, -0.2) is 53.6 Å². The first-order chi connectivity index (χ1) is 14.6. The van der Waals surface area contributed by atoms with E-state index in [0.717, 1.165) is 19.5 Å². The number of aromatic hydroxyl groups is 1. The number of nitrogens with zero attached hydrogens (tertiary/aromatic N) is 3. The lowest BCUT2D eigenvalue weighted by atomic mass is 10.1. The summed E-state index contributed by atoms with van der Waals surface area (Å²) in [6, 6.07) is 14.9. The van der Waals surface area contributed by atoms with E-state index >= 15 is 0 Å². The summed E-state index contributed by atoms with van der Waals surface area (Å²) >= 11 is 0. The molecule has 0 aliphatic carbocycles. The SMILES string of the molecule is CCN1CCCC1CN=Cc1c(O)n(-c2cccc(OC)c2)c(=O)c2ccccc12. The van der Waals surface area contributed by atoms with E-state index in [9.17, 15) is 9.90 Å². The van der Waals surface area contributed by atoms with Crippen LogP contribution in [0.1, 0.15) is 25.3 Å². The molecule has 1 aromatic heterocycles. The number of fused-ring (bicyclic) bond motifs is 1. The number of aliphatic imine (C=N–C) groups is 1. The molecule has 1 aliphatic rings. The second-order valence-electron chi connectivity index (χ2n) is 7.54. The maximum absolute atomic E-state index is 13.2. The summed E-state index contributed by atoms with van der Waals surface area (Å²) in [5.74, 6) is 0.498. The maximum Gasteiger partial charge on any atom is 0.265 e. The van der Waals surface area contributed by atoms with Crippen molar-refractivity contribution < 1.29 is 9.84 Å². The first-order valence-electron chi connectivity index (χ1n) is 10.4. The van der Waals surface area contributed by atoms with Crippen molar-refractivity contribution in [1.29, 1.82) is 0 Å². The molecule has 0 bridgehead atoms. The third kappa shape index (κ3) is 3.71. The number of pyridine rings is 1. The standard InChI is InChI=1S/C24H27N3O3/c1-3-26-13-7-9-18(26)15-25-16-22-20-11-4-5-12-21(20)23(28)27(24(22)29)17-8-6-10-19(14-17)30-2/h4-6,8,10-12,14,16,18,29H,3,7,9,13,15H2,1-2H3. The largest absolute Gasteiger partial charge is 0.497 e. The normalized spacial score (nSPS) is 17.2. The summed E-state index contributed by atoms with van der Waals surface area (Å²) < 4.78 is 6.61. The lowest BCUT2D eigenvalue weighted by molar-refractivity contribution is 0.273. The summed E-state index contributed by atoms with van der Waals surface area (Å²) in [5.41, 5.74) is 0.820.